The molecule has 0 bridgehead atoms. The minimum Gasteiger partial charge on any atom is -0.497 e. The summed E-state index contributed by atoms with van der Waals surface area (Å²) < 4.78 is 48.9. The molecule has 0 amide bonds. The minimum absolute atomic E-state index is 0.171. The Balaban J connectivity index is 2.03. The van der Waals surface area contributed by atoms with Crippen molar-refractivity contribution in [1.82, 2.24) is 0 Å². The van der Waals surface area contributed by atoms with Gasteiger partial charge >= 0.3 is 7.60 Å². The fourth-order valence-electron chi connectivity index (χ4n) is 4.26. The summed E-state index contributed by atoms with van der Waals surface area (Å²) in [6.07, 6.45) is 0. The van der Waals surface area contributed by atoms with E-state index in [4.69, 9.17) is 39.3 Å². The molecule has 0 aliphatic carbocycles. The van der Waals surface area contributed by atoms with Crippen LogP contribution in [0.4, 0.5) is 5.69 Å². The summed E-state index contributed by atoms with van der Waals surface area (Å²) in [6.45, 7) is 3.87. The molecule has 1 heterocycles. The number of methoxy groups -OCH3 is 3. The van der Waals surface area contributed by atoms with E-state index in [1.807, 2.05) is 36.4 Å². The first-order chi connectivity index (χ1) is 18.4. The molecule has 0 saturated carbocycles. The Morgan fingerprint density at radius 2 is 1.55 bits per heavy atom. The molecule has 1 unspecified atom stereocenters. The predicted molar refractivity (Wildman–Crippen MR) is 150 cm³/mol. The molecule has 0 radical (unpaired) electrons. The number of hydrogen-bond donors (Lipinski definition) is 1. The summed E-state index contributed by atoms with van der Waals surface area (Å²) in [7, 11) is 0.909. The minimum atomic E-state index is -3.82. The molecule has 38 heavy (non-hydrogen) atoms. The molecule has 0 fully saturated rings. The standard InChI is InChI=1S/C28H31ClNO7P/c1-6-35-38(31,36-7-2)28(30-20-10-8-9-19(29)15-20)27-26(18-11-13-21(32-3)14-12-18)22-16-24(33-4)25(34-5)17-23(22)37-27/h8-17,28,30H,6-7H2,1-5H3. The molecule has 4 aromatic rings. The molecule has 0 spiro atoms. The monoisotopic (exact) mass is 559 g/mol. The van der Waals surface area contributed by atoms with E-state index in [0.29, 0.717) is 44.9 Å². The van der Waals surface area contributed by atoms with E-state index >= 15 is 0 Å². The van der Waals surface area contributed by atoms with Crippen molar-refractivity contribution in [3.8, 4) is 28.4 Å². The number of benzene rings is 3. The largest absolute Gasteiger partial charge is 0.497 e. The van der Waals surface area contributed by atoms with Gasteiger partial charge in [-0.3, -0.25) is 4.57 Å². The predicted octanol–water partition coefficient (Wildman–Crippen LogP) is 8.16. The van der Waals surface area contributed by atoms with Crippen LogP contribution in [0, 0.1) is 0 Å². The van der Waals surface area contributed by atoms with E-state index in [9.17, 15) is 4.57 Å². The lowest BCUT2D eigenvalue weighted by Crippen LogP contribution is -2.15. The van der Waals surface area contributed by atoms with E-state index in [-0.39, 0.29) is 13.2 Å². The number of rotatable bonds is 12. The molecule has 1 atom stereocenters. The summed E-state index contributed by atoms with van der Waals surface area (Å²) in [5.74, 6) is 1.08. The van der Waals surface area contributed by atoms with E-state index in [2.05, 4.69) is 5.32 Å². The number of nitrogens with one attached hydrogen (secondary N) is 1. The molecule has 0 aliphatic heterocycles. The van der Waals surface area contributed by atoms with Crippen LogP contribution in [0.3, 0.4) is 0 Å². The van der Waals surface area contributed by atoms with Crippen LogP contribution in [-0.2, 0) is 13.6 Å². The van der Waals surface area contributed by atoms with Crippen molar-refractivity contribution in [2.24, 2.45) is 0 Å². The number of hydrogen-bond acceptors (Lipinski definition) is 8. The number of fused-ring (bicyclic) bond motifs is 1. The Morgan fingerprint density at radius 1 is 0.895 bits per heavy atom. The first-order valence-electron chi connectivity index (χ1n) is 12.1. The van der Waals surface area contributed by atoms with Crippen LogP contribution >= 0.6 is 19.2 Å². The Kier molecular flexibility index (Phi) is 8.90. The zero-order valence-electron chi connectivity index (χ0n) is 21.9. The number of anilines is 1. The van der Waals surface area contributed by atoms with Crippen molar-refractivity contribution < 1.29 is 32.2 Å². The van der Waals surface area contributed by atoms with Gasteiger partial charge in [-0.1, -0.05) is 29.8 Å². The molecule has 3 aromatic carbocycles. The van der Waals surface area contributed by atoms with Crippen LogP contribution in [0.25, 0.3) is 22.1 Å². The van der Waals surface area contributed by atoms with Gasteiger partial charge in [0.2, 0.25) is 0 Å². The van der Waals surface area contributed by atoms with E-state index in [0.717, 1.165) is 10.9 Å². The topological polar surface area (TPSA) is 88.4 Å². The lowest BCUT2D eigenvalue weighted by Gasteiger charge is -2.27. The van der Waals surface area contributed by atoms with Crippen LogP contribution in [0.15, 0.2) is 65.1 Å². The maximum Gasteiger partial charge on any atom is 0.360 e. The van der Waals surface area contributed by atoms with Gasteiger partial charge < -0.3 is 33.0 Å². The third kappa shape index (κ3) is 5.64. The zero-order valence-corrected chi connectivity index (χ0v) is 23.6. The SMILES string of the molecule is CCOP(=O)(OCC)C(Nc1cccc(Cl)c1)c1oc2cc(OC)c(OC)cc2c1-c1ccc(OC)cc1. The highest BCUT2D eigenvalue weighted by molar-refractivity contribution is 7.54. The number of ether oxygens (including phenoxy) is 3. The van der Waals surface area contributed by atoms with Gasteiger partial charge in [-0.2, -0.15) is 0 Å². The van der Waals surface area contributed by atoms with Crippen molar-refractivity contribution in [3.05, 3.63) is 71.4 Å². The van der Waals surface area contributed by atoms with Gasteiger partial charge in [-0.25, -0.2) is 0 Å². The van der Waals surface area contributed by atoms with Gasteiger partial charge in [0.05, 0.1) is 34.5 Å². The number of halogens is 1. The fraction of sp³-hybridized carbons (Fsp3) is 0.286. The highest BCUT2D eigenvalue weighted by Gasteiger charge is 2.42. The smallest absolute Gasteiger partial charge is 0.360 e. The van der Waals surface area contributed by atoms with E-state index in [1.165, 1.54) is 0 Å². The Bertz CT molecular complexity index is 1430. The molecule has 10 heteroatoms. The molecular weight excluding hydrogens is 529 g/mol. The summed E-state index contributed by atoms with van der Waals surface area (Å²) >= 11 is 6.26. The van der Waals surface area contributed by atoms with Gasteiger partial charge in [-0.05, 0) is 55.8 Å². The van der Waals surface area contributed by atoms with Crippen molar-refractivity contribution in [1.29, 1.82) is 0 Å². The van der Waals surface area contributed by atoms with Crippen LogP contribution in [0.2, 0.25) is 5.02 Å². The zero-order chi connectivity index (χ0) is 27.3. The highest BCUT2D eigenvalue weighted by atomic mass is 35.5. The third-order valence-corrected chi connectivity index (χ3v) is 8.38. The molecule has 4 rings (SSSR count). The fourth-order valence-corrected chi connectivity index (χ4v) is 6.32. The Morgan fingerprint density at radius 3 is 2.13 bits per heavy atom. The Hall–Kier alpha value is -3.16. The molecule has 0 saturated heterocycles. The third-order valence-electron chi connectivity index (χ3n) is 5.91. The second kappa shape index (κ2) is 12.1. The molecule has 0 aliphatic rings. The maximum atomic E-state index is 14.3. The molecule has 202 valence electrons. The Labute approximate surface area is 227 Å². The van der Waals surface area contributed by atoms with Crippen molar-refractivity contribution in [2.45, 2.75) is 19.6 Å². The number of furan rings is 1. The van der Waals surface area contributed by atoms with Gasteiger partial charge in [0, 0.05) is 27.7 Å². The van der Waals surface area contributed by atoms with Crippen molar-refractivity contribution in [3.63, 3.8) is 0 Å². The van der Waals surface area contributed by atoms with Gasteiger partial charge in [-0.15, -0.1) is 0 Å². The van der Waals surface area contributed by atoms with Gasteiger partial charge in [0.25, 0.3) is 0 Å². The van der Waals surface area contributed by atoms with Crippen molar-refractivity contribution >= 4 is 35.9 Å². The summed E-state index contributed by atoms with van der Waals surface area (Å²) in [5.41, 5.74) is 2.64. The molecule has 8 nitrogen and oxygen atoms in total. The first kappa shape index (κ1) is 27.9. The summed E-state index contributed by atoms with van der Waals surface area (Å²) in [6, 6.07) is 18.2. The molecule has 1 aromatic heterocycles. The maximum absolute atomic E-state index is 14.3. The molecular formula is C28H31ClNO7P. The van der Waals surface area contributed by atoms with Crippen LogP contribution in [0.1, 0.15) is 25.4 Å². The van der Waals surface area contributed by atoms with Crippen LogP contribution in [0.5, 0.6) is 17.2 Å². The quantitative estimate of drug-likeness (QED) is 0.174. The summed E-state index contributed by atoms with van der Waals surface area (Å²) in [5, 5.41) is 4.57. The normalized spacial score (nSPS) is 12.4. The summed E-state index contributed by atoms with van der Waals surface area (Å²) in [4.78, 5) is 0. The van der Waals surface area contributed by atoms with E-state index < -0.39 is 13.4 Å². The first-order valence-corrected chi connectivity index (χ1v) is 14.1. The average Bonchev–Trinajstić information content (AvgIpc) is 3.28. The second-order valence-corrected chi connectivity index (χ2v) is 10.8. The van der Waals surface area contributed by atoms with Crippen LogP contribution in [-0.4, -0.2) is 34.5 Å². The molecule has 1 N–H and O–H groups in total. The van der Waals surface area contributed by atoms with Gasteiger partial charge in [0.15, 0.2) is 17.3 Å². The highest BCUT2D eigenvalue weighted by Crippen LogP contribution is 2.63. The second-order valence-electron chi connectivity index (χ2n) is 8.21. The van der Waals surface area contributed by atoms with Crippen molar-refractivity contribution in [2.75, 3.05) is 39.9 Å². The average molecular weight is 560 g/mol. The lowest BCUT2D eigenvalue weighted by molar-refractivity contribution is 0.212. The van der Waals surface area contributed by atoms with Gasteiger partial charge in [0.1, 0.15) is 17.1 Å². The van der Waals surface area contributed by atoms with Crippen LogP contribution < -0.4 is 19.5 Å². The lowest BCUT2D eigenvalue weighted by atomic mass is 10.0. The van der Waals surface area contributed by atoms with E-state index in [1.54, 1.807) is 59.4 Å².